The maximum atomic E-state index is 12.1. The van der Waals surface area contributed by atoms with E-state index < -0.39 is 6.10 Å². The third-order valence-electron chi connectivity index (χ3n) is 5.67. The number of rotatable bonds is 10. The molecule has 0 aliphatic carbocycles. The predicted molar refractivity (Wildman–Crippen MR) is 124 cm³/mol. The first-order chi connectivity index (χ1) is 15.5. The highest BCUT2D eigenvalue weighted by atomic mass is 16.5. The second-order valence-electron chi connectivity index (χ2n) is 7.95. The van der Waals surface area contributed by atoms with Crippen LogP contribution in [0.25, 0.3) is 11.0 Å². The first-order valence-electron chi connectivity index (χ1n) is 10.7. The second kappa shape index (κ2) is 9.84. The minimum absolute atomic E-state index is 0.0873. The van der Waals surface area contributed by atoms with Crippen molar-refractivity contribution >= 4 is 11.0 Å². The average molecular weight is 436 g/mol. The van der Waals surface area contributed by atoms with Crippen LogP contribution in [-0.2, 0) is 27.2 Å². The lowest BCUT2D eigenvalue weighted by atomic mass is 10.1. The Morgan fingerprint density at radius 3 is 2.62 bits per heavy atom. The number of aromatic nitrogens is 4. The van der Waals surface area contributed by atoms with Gasteiger partial charge in [-0.2, -0.15) is 0 Å². The molecule has 0 saturated carbocycles. The van der Waals surface area contributed by atoms with E-state index in [0.29, 0.717) is 5.75 Å². The predicted octanol–water partition coefficient (Wildman–Crippen LogP) is 2.37. The molecule has 4 rings (SSSR count). The van der Waals surface area contributed by atoms with Gasteiger partial charge < -0.3 is 19.7 Å². The minimum atomic E-state index is -0.786. The van der Waals surface area contributed by atoms with E-state index in [4.69, 9.17) is 4.74 Å². The van der Waals surface area contributed by atoms with Gasteiger partial charge in [0.2, 0.25) is 0 Å². The molecule has 0 radical (unpaired) electrons. The molecule has 2 N–H and O–H groups in total. The van der Waals surface area contributed by atoms with E-state index in [9.17, 15) is 9.90 Å². The molecule has 32 heavy (non-hydrogen) atoms. The molecule has 0 fully saturated rings. The number of nitrogens with one attached hydrogen (secondary N) is 1. The van der Waals surface area contributed by atoms with Gasteiger partial charge in [-0.3, -0.25) is 9.13 Å². The van der Waals surface area contributed by atoms with Gasteiger partial charge in [0.15, 0.2) is 0 Å². The average Bonchev–Trinajstić information content (AvgIpc) is 3.41. The quantitative estimate of drug-likeness (QED) is 0.374. The molecule has 2 heterocycles. The van der Waals surface area contributed by atoms with Gasteiger partial charge in [-0.15, -0.1) is 0 Å². The minimum Gasteiger partial charge on any atom is -0.491 e. The zero-order valence-electron chi connectivity index (χ0n) is 18.4. The Balaban J connectivity index is 1.25. The van der Waals surface area contributed by atoms with Crippen molar-refractivity contribution < 1.29 is 9.84 Å². The van der Waals surface area contributed by atoms with E-state index in [1.54, 1.807) is 29.4 Å². The fourth-order valence-electron chi connectivity index (χ4n) is 3.74. The SMILES string of the molecule is Cn1c(=O)n(C)c2cc([C@H](O)COc3ccc(CNCCCn4ccnc4)cc3)ccc21. The number of ether oxygens (including phenoxy) is 1. The maximum absolute atomic E-state index is 12.1. The summed E-state index contributed by atoms with van der Waals surface area (Å²) in [5.41, 5.74) is 3.43. The smallest absolute Gasteiger partial charge is 0.328 e. The molecule has 4 aromatic rings. The van der Waals surface area contributed by atoms with E-state index in [0.717, 1.165) is 42.7 Å². The van der Waals surface area contributed by atoms with E-state index >= 15 is 0 Å². The van der Waals surface area contributed by atoms with Crippen molar-refractivity contribution in [3.63, 3.8) is 0 Å². The first-order valence-corrected chi connectivity index (χ1v) is 10.7. The van der Waals surface area contributed by atoms with Crippen molar-refractivity contribution in [2.24, 2.45) is 14.1 Å². The summed E-state index contributed by atoms with van der Waals surface area (Å²) in [5, 5.41) is 14.0. The van der Waals surface area contributed by atoms with Crippen LogP contribution in [0.5, 0.6) is 5.75 Å². The van der Waals surface area contributed by atoms with E-state index in [-0.39, 0.29) is 12.3 Å². The first kappa shape index (κ1) is 21.9. The molecule has 0 bridgehead atoms. The molecular weight excluding hydrogens is 406 g/mol. The molecular formula is C24H29N5O3. The third kappa shape index (κ3) is 4.92. The number of aliphatic hydroxyl groups excluding tert-OH is 1. The van der Waals surface area contributed by atoms with Crippen molar-refractivity contribution in [1.82, 2.24) is 24.0 Å². The van der Waals surface area contributed by atoms with Crippen LogP contribution >= 0.6 is 0 Å². The van der Waals surface area contributed by atoms with E-state index in [1.165, 1.54) is 5.56 Å². The summed E-state index contributed by atoms with van der Waals surface area (Å²) in [6, 6.07) is 13.4. The summed E-state index contributed by atoms with van der Waals surface area (Å²) in [5.74, 6) is 0.709. The molecule has 2 aromatic carbocycles. The molecule has 0 saturated heterocycles. The van der Waals surface area contributed by atoms with E-state index in [2.05, 4.69) is 14.9 Å². The van der Waals surface area contributed by atoms with Crippen molar-refractivity contribution in [3.8, 4) is 5.75 Å². The fourth-order valence-corrected chi connectivity index (χ4v) is 3.74. The van der Waals surface area contributed by atoms with E-state index in [1.807, 2.05) is 55.0 Å². The Morgan fingerprint density at radius 1 is 1.09 bits per heavy atom. The summed E-state index contributed by atoms with van der Waals surface area (Å²) in [6.45, 7) is 2.82. The number of nitrogens with zero attached hydrogens (tertiary/aromatic N) is 4. The number of benzene rings is 2. The number of hydrogen-bond donors (Lipinski definition) is 2. The van der Waals surface area contributed by atoms with Crippen LogP contribution in [-0.4, -0.2) is 36.9 Å². The van der Waals surface area contributed by atoms with Crippen LogP contribution in [0.15, 0.2) is 66.0 Å². The molecule has 8 heteroatoms. The van der Waals surface area contributed by atoms with Crippen molar-refractivity contribution in [2.45, 2.75) is 25.6 Å². The van der Waals surface area contributed by atoms with Gasteiger partial charge in [-0.1, -0.05) is 18.2 Å². The zero-order chi connectivity index (χ0) is 22.5. The summed E-state index contributed by atoms with van der Waals surface area (Å²) in [4.78, 5) is 16.1. The Kier molecular flexibility index (Phi) is 6.72. The number of aryl methyl sites for hydroxylation is 3. The number of imidazole rings is 2. The topological polar surface area (TPSA) is 86.2 Å². The lowest BCUT2D eigenvalue weighted by Gasteiger charge is -2.14. The molecule has 2 aromatic heterocycles. The number of aliphatic hydroxyl groups is 1. The van der Waals surface area contributed by atoms with Crippen molar-refractivity contribution in [3.05, 3.63) is 82.8 Å². The summed E-state index contributed by atoms with van der Waals surface area (Å²) in [6.07, 6.45) is 5.85. The van der Waals surface area contributed by atoms with Crippen LogP contribution in [0.2, 0.25) is 0 Å². The third-order valence-corrected chi connectivity index (χ3v) is 5.67. The molecule has 0 unspecified atom stereocenters. The Bertz CT molecular complexity index is 1210. The Labute approximate surface area is 186 Å². The highest BCUT2D eigenvalue weighted by Crippen LogP contribution is 2.21. The lowest BCUT2D eigenvalue weighted by molar-refractivity contribution is 0.108. The largest absolute Gasteiger partial charge is 0.491 e. The zero-order valence-corrected chi connectivity index (χ0v) is 18.4. The molecule has 0 amide bonds. The lowest BCUT2D eigenvalue weighted by Crippen LogP contribution is -2.19. The van der Waals surface area contributed by atoms with Gasteiger partial charge in [0.25, 0.3) is 0 Å². The van der Waals surface area contributed by atoms with Gasteiger partial charge in [-0.25, -0.2) is 9.78 Å². The van der Waals surface area contributed by atoms with Gasteiger partial charge in [-0.05, 0) is 48.4 Å². The molecule has 168 valence electrons. The highest BCUT2D eigenvalue weighted by molar-refractivity contribution is 5.76. The standard InChI is InChI=1S/C24H29N5O3/c1-27-21-9-6-19(14-22(21)28(2)24(27)31)23(30)16-32-20-7-4-18(5-8-20)15-25-10-3-12-29-13-11-26-17-29/h4-9,11,13-14,17,23,25,30H,3,10,12,15-16H2,1-2H3/t23-/m1/s1. The van der Waals surface area contributed by atoms with Crippen LogP contribution in [0, 0.1) is 0 Å². The maximum Gasteiger partial charge on any atom is 0.328 e. The molecule has 0 spiro atoms. The van der Waals surface area contributed by atoms with Crippen LogP contribution in [0.3, 0.4) is 0 Å². The van der Waals surface area contributed by atoms with Crippen molar-refractivity contribution in [2.75, 3.05) is 13.2 Å². The normalized spacial score (nSPS) is 12.3. The van der Waals surface area contributed by atoms with Gasteiger partial charge in [0.05, 0.1) is 17.4 Å². The fraction of sp³-hybridized carbons (Fsp3) is 0.333. The number of fused-ring (bicyclic) bond motifs is 1. The van der Waals surface area contributed by atoms with Gasteiger partial charge in [0, 0.05) is 39.6 Å². The Morgan fingerprint density at radius 2 is 1.88 bits per heavy atom. The Hall–Kier alpha value is -3.36. The molecule has 0 aliphatic heterocycles. The van der Waals surface area contributed by atoms with Crippen LogP contribution < -0.4 is 15.7 Å². The summed E-state index contributed by atoms with van der Waals surface area (Å²) >= 11 is 0. The summed E-state index contributed by atoms with van der Waals surface area (Å²) < 4.78 is 11.0. The second-order valence-corrected chi connectivity index (χ2v) is 7.95. The molecule has 1 atom stereocenters. The van der Waals surface area contributed by atoms with Gasteiger partial charge in [0.1, 0.15) is 18.5 Å². The highest BCUT2D eigenvalue weighted by Gasteiger charge is 2.13. The molecule has 8 nitrogen and oxygen atoms in total. The van der Waals surface area contributed by atoms with Crippen LogP contribution in [0.4, 0.5) is 0 Å². The molecule has 0 aliphatic rings. The van der Waals surface area contributed by atoms with Crippen LogP contribution in [0.1, 0.15) is 23.7 Å². The van der Waals surface area contributed by atoms with Crippen molar-refractivity contribution in [1.29, 1.82) is 0 Å². The summed E-state index contributed by atoms with van der Waals surface area (Å²) in [7, 11) is 3.47. The monoisotopic (exact) mass is 435 g/mol. The van der Waals surface area contributed by atoms with Gasteiger partial charge >= 0.3 is 5.69 Å². The number of hydrogen-bond acceptors (Lipinski definition) is 5.